The molecule has 76 valence electrons. The summed E-state index contributed by atoms with van der Waals surface area (Å²) in [6.07, 6.45) is -0.0341. The largest absolute Gasteiger partial charge is 0.374 e. The molecule has 0 aromatic rings. The van der Waals surface area contributed by atoms with E-state index in [9.17, 15) is 19.5 Å². The Hall–Kier alpha value is -1.29. The van der Waals surface area contributed by atoms with Crippen LogP contribution >= 0.6 is 0 Å². The maximum Gasteiger partial charge on any atom is 0.205 e. The molecule has 4 nitrogen and oxygen atoms in total. The van der Waals surface area contributed by atoms with Crippen molar-refractivity contribution in [3.63, 3.8) is 0 Å². The zero-order chi connectivity index (χ0) is 11.1. The number of ketones is 3. The molecule has 0 bridgehead atoms. The van der Waals surface area contributed by atoms with Crippen molar-refractivity contribution in [2.24, 2.45) is 0 Å². The van der Waals surface area contributed by atoms with E-state index in [1.807, 2.05) is 0 Å². The number of hydrogen-bond acceptors (Lipinski definition) is 4. The van der Waals surface area contributed by atoms with Crippen LogP contribution in [0.5, 0.6) is 0 Å². The van der Waals surface area contributed by atoms with Gasteiger partial charge in [-0.15, -0.1) is 0 Å². The van der Waals surface area contributed by atoms with Gasteiger partial charge in [-0.25, -0.2) is 0 Å². The van der Waals surface area contributed by atoms with Crippen LogP contribution in [-0.2, 0) is 14.4 Å². The Bertz CT molecular complexity index is 360. The normalized spacial score (nSPS) is 28.3. The van der Waals surface area contributed by atoms with Crippen LogP contribution in [-0.4, -0.2) is 28.1 Å². The first-order valence-electron chi connectivity index (χ1n) is 4.29. The third-order valence-electron chi connectivity index (χ3n) is 2.42. The first kappa shape index (κ1) is 10.8. The molecule has 0 spiro atoms. The van der Waals surface area contributed by atoms with Gasteiger partial charge < -0.3 is 5.11 Å². The van der Waals surface area contributed by atoms with Crippen molar-refractivity contribution in [3.8, 4) is 0 Å². The number of hydrogen-bond donors (Lipinski definition) is 1. The highest BCUT2D eigenvalue weighted by atomic mass is 16.3. The summed E-state index contributed by atoms with van der Waals surface area (Å²) in [7, 11) is 0. The fourth-order valence-corrected chi connectivity index (χ4v) is 1.53. The fourth-order valence-electron chi connectivity index (χ4n) is 1.53. The van der Waals surface area contributed by atoms with Gasteiger partial charge in [0.15, 0.2) is 17.2 Å². The Kier molecular flexibility index (Phi) is 2.41. The monoisotopic (exact) mass is 196 g/mol. The van der Waals surface area contributed by atoms with E-state index in [0.29, 0.717) is 5.57 Å². The van der Waals surface area contributed by atoms with E-state index in [4.69, 9.17) is 0 Å². The number of carbonyl (C=O) groups excluding carboxylic acids is 3. The van der Waals surface area contributed by atoms with Gasteiger partial charge in [-0.3, -0.25) is 14.4 Å². The van der Waals surface area contributed by atoms with Crippen LogP contribution in [0.3, 0.4) is 0 Å². The first-order valence-corrected chi connectivity index (χ1v) is 4.29. The minimum absolute atomic E-state index is 0.0328. The molecule has 0 aromatic heterocycles. The first-order chi connectivity index (χ1) is 6.28. The number of rotatable bonds is 1. The molecule has 0 saturated heterocycles. The molecule has 0 saturated carbocycles. The number of carbonyl (C=O) groups is 3. The third-order valence-corrected chi connectivity index (χ3v) is 2.42. The van der Waals surface area contributed by atoms with Gasteiger partial charge in [0, 0.05) is 6.42 Å². The summed E-state index contributed by atoms with van der Waals surface area (Å²) in [5.41, 5.74) is -1.62. The Balaban J connectivity index is 3.31. The standard InChI is InChI=1S/C10H12O4/c1-5-4-7(12)10(3,14)9(13)8(5)6(2)11/h14H,4H2,1-3H3. The second kappa shape index (κ2) is 3.13. The maximum absolute atomic E-state index is 11.6. The summed E-state index contributed by atoms with van der Waals surface area (Å²) < 4.78 is 0. The van der Waals surface area contributed by atoms with Crippen LogP contribution < -0.4 is 0 Å². The van der Waals surface area contributed by atoms with Gasteiger partial charge >= 0.3 is 0 Å². The van der Waals surface area contributed by atoms with Crippen molar-refractivity contribution >= 4 is 17.3 Å². The Labute approximate surface area is 81.6 Å². The zero-order valence-electron chi connectivity index (χ0n) is 8.38. The average molecular weight is 196 g/mol. The minimum atomic E-state index is -2.03. The Morgan fingerprint density at radius 2 is 1.93 bits per heavy atom. The van der Waals surface area contributed by atoms with Gasteiger partial charge in [0.25, 0.3) is 0 Å². The zero-order valence-corrected chi connectivity index (χ0v) is 8.38. The summed E-state index contributed by atoms with van der Waals surface area (Å²) in [5, 5.41) is 9.56. The lowest BCUT2D eigenvalue weighted by molar-refractivity contribution is -0.147. The highest BCUT2D eigenvalue weighted by Gasteiger charge is 2.45. The van der Waals surface area contributed by atoms with Crippen LogP contribution in [0.25, 0.3) is 0 Å². The molecule has 0 amide bonds. The second-order valence-corrected chi connectivity index (χ2v) is 3.71. The summed E-state index contributed by atoms with van der Waals surface area (Å²) in [6, 6.07) is 0. The summed E-state index contributed by atoms with van der Waals surface area (Å²) in [6.45, 7) is 3.94. The van der Waals surface area contributed by atoms with E-state index in [1.165, 1.54) is 6.92 Å². The molecule has 1 unspecified atom stereocenters. The van der Waals surface area contributed by atoms with Gasteiger partial charge in [0.1, 0.15) is 0 Å². The molecule has 0 heterocycles. The van der Waals surface area contributed by atoms with Crippen molar-refractivity contribution in [1.29, 1.82) is 0 Å². The van der Waals surface area contributed by atoms with E-state index >= 15 is 0 Å². The molecule has 1 aliphatic rings. The Morgan fingerprint density at radius 1 is 1.43 bits per heavy atom. The lowest BCUT2D eigenvalue weighted by Crippen LogP contribution is -2.48. The van der Waals surface area contributed by atoms with Gasteiger partial charge in [-0.2, -0.15) is 0 Å². The van der Waals surface area contributed by atoms with Crippen LogP contribution in [0, 0.1) is 0 Å². The molecule has 0 aliphatic heterocycles. The molecular weight excluding hydrogens is 184 g/mol. The molecule has 14 heavy (non-hydrogen) atoms. The molecule has 1 atom stereocenters. The minimum Gasteiger partial charge on any atom is -0.374 e. The highest BCUT2D eigenvalue weighted by molar-refractivity contribution is 6.31. The van der Waals surface area contributed by atoms with Crippen molar-refractivity contribution in [3.05, 3.63) is 11.1 Å². The molecule has 0 radical (unpaired) electrons. The van der Waals surface area contributed by atoms with Gasteiger partial charge in [0.2, 0.25) is 5.78 Å². The van der Waals surface area contributed by atoms with Crippen molar-refractivity contribution in [2.45, 2.75) is 32.8 Å². The number of allylic oxidation sites excluding steroid dienone is 1. The molecule has 1 rings (SSSR count). The van der Waals surface area contributed by atoms with Crippen molar-refractivity contribution in [1.82, 2.24) is 0 Å². The maximum atomic E-state index is 11.6. The van der Waals surface area contributed by atoms with E-state index < -0.39 is 23.0 Å². The van der Waals surface area contributed by atoms with Crippen LogP contribution in [0.15, 0.2) is 11.1 Å². The highest BCUT2D eigenvalue weighted by Crippen LogP contribution is 2.26. The van der Waals surface area contributed by atoms with Gasteiger partial charge in [-0.1, -0.05) is 5.57 Å². The SMILES string of the molecule is CC(=O)C1=C(C)CC(=O)C(C)(O)C1=O. The quantitative estimate of drug-likeness (QED) is 0.480. The predicted octanol–water partition coefficient (Wildman–Crippen LogP) is 0.185. The van der Waals surface area contributed by atoms with E-state index in [-0.39, 0.29) is 12.0 Å². The molecular formula is C10H12O4. The molecule has 0 fully saturated rings. The Morgan fingerprint density at radius 3 is 2.36 bits per heavy atom. The summed E-state index contributed by atoms with van der Waals surface area (Å²) in [5.74, 6) is -1.73. The fraction of sp³-hybridized carbons (Fsp3) is 0.500. The molecule has 1 aliphatic carbocycles. The van der Waals surface area contributed by atoms with E-state index in [2.05, 4.69) is 0 Å². The molecule has 1 N–H and O–H groups in total. The van der Waals surface area contributed by atoms with Crippen LogP contribution in [0.4, 0.5) is 0 Å². The summed E-state index contributed by atoms with van der Waals surface area (Å²) in [4.78, 5) is 34.0. The van der Waals surface area contributed by atoms with Crippen LogP contribution in [0.1, 0.15) is 27.2 Å². The summed E-state index contributed by atoms with van der Waals surface area (Å²) >= 11 is 0. The van der Waals surface area contributed by atoms with Gasteiger partial charge in [0.05, 0.1) is 5.57 Å². The lowest BCUT2D eigenvalue weighted by atomic mass is 9.78. The van der Waals surface area contributed by atoms with Crippen molar-refractivity contribution in [2.75, 3.05) is 0 Å². The molecule has 0 aromatic carbocycles. The number of aliphatic hydroxyl groups is 1. The smallest absolute Gasteiger partial charge is 0.205 e. The van der Waals surface area contributed by atoms with E-state index in [1.54, 1.807) is 6.92 Å². The lowest BCUT2D eigenvalue weighted by Gasteiger charge is -2.26. The average Bonchev–Trinajstić information content (AvgIpc) is 2.00. The predicted molar refractivity (Wildman–Crippen MR) is 48.6 cm³/mol. The second-order valence-electron chi connectivity index (χ2n) is 3.71. The topological polar surface area (TPSA) is 71.4 Å². The van der Waals surface area contributed by atoms with Gasteiger partial charge in [-0.05, 0) is 20.8 Å². The van der Waals surface area contributed by atoms with Crippen LogP contribution in [0.2, 0.25) is 0 Å². The number of Topliss-reactive ketones (excluding diaryl/α,β-unsaturated/α-hetero) is 3. The van der Waals surface area contributed by atoms with E-state index in [0.717, 1.165) is 6.92 Å². The third kappa shape index (κ3) is 1.42. The van der Waals surface area contributed by atoms with Crippen molar-refractivity contribution < 1.29 is 19.5 Å². The molecule has 4 heteroatoms.